The number of phenols is 1. The van der Waals surface area contributed by atoms with Crippen molar-refractivity contribution >= 4 is 6.03 Å². The number of rotatable bonds is 7. The lowest BCUT2D eigenvalue weighted by Gasteiger charge is -2.41. The number of aromatic hydroxyl groups is 1. The highest BCUT2D eigenvalue weighted by molar-refractivity contribution is 5.74. The van der Waals surface area contributed by atoms with Gasteiger partial charge in [0.25, 0.3) is 0 Å². The SMILES string of the molecule is CC(C)(CNC(=O)N(Cc1ccccc1O)CC1CCCO1)N1CCCCC1. The number of hydrogen-bond acceptors (Lipinski definition) is 4. The summed E-state index contributed by atoms with van der Waals surface area (Å²) in [6, 6.07) is 7.12. The Morgan fingerprint density at radius 1 is 1.25 bits per heavy atom. The maximum absolute atomic E-state index is 13.0. The largest absolute Gasteiger partial charge is 0.508 e. The van der Waals surface area contributed by atoms with Crippen LogP contribution < -0.4 is 5.32 Å². The molecule has 0 aliphatic carbocycles. The number of carbonyl (C=O) groups excluding carboxylic acids is 1. The number of hydrogen-bond donors (Lipinski definition) is 2. The van der Waals surface area contributed by atoms with E-state index in [1.165, 1.54) is 19.3 Å². The molecule has 0 saturated carbocycles. The molecule has 1 aromatic carbocycles. The van der Waals surface area contributed by atoms with E-state index in [4.69, 9.17) is 4.74 Å². The van der Waals surface area contributed by atoms with Gasteiger partial charge < -0.3 is 20.1 Å². The number of carbonyl (C=O) groups is 1. The average molecular weight is 390 g/mol. The second kappa shape index (κ2) is 9.61. The van der Waals surface area contributed by atoms with Crippen molar-refractivity contribution in [2.45, 2.75) is 64.1 Å². The van der Waals surface area contributed by atoms with Crippen molar-refractivity contribution in [1.29, 1.82) is 0 Å². The lowest BCUT2D eigenvalue weighted by atomic mass is 9.98. The number of nitrogens with one attached hydrogen (secondary N) is 1. The molecule has 28 heavy (non-hydrogen) atoms. The van der Waals surface area contributed by atoms with E-state index in [0.29, 0.717) is 19.6 Å². The van der Waals surface area contributed by atoms with Gasteiger partial charge in [-0.2, -0.15) is 0 Å². The van der Waals surface area contributed by atoms with Crippen LogP contribution in [-0.2, 0) is 11.3 Å². The van der Waals surface area contributed by atoms with Gasteiger partial charge in [0.2, 0.25) is 0 Å². The van der Waals surface area contributed by atoms with Crippen LogP contribution in [-0.4, -0.2) is 65.4 Å². The number of phenolic OH excluding ortho intramolecular Hbond substituents is 1. The molecule has 2 heterocycles. The molecule has 0 aromatic heterocycles. The Bertz CT molecular complexity index is 638. The smallest absolute Gasteiger partial charge is 0.317 e. The fraction of sp³-hybridized carbons (Fsp3) is 0.682. The fourth-order valence-electron chi connectivity index (χ4n) is 4.12. The maximum atomic E-state index is 13.0. The summed E-state index contributed by atoms with van der Waals surface area (Å²) in [6.45, 7) is 8.89. The van der Waals surface area contributed by atoms with Gasteiger partial charge >= 0.3 is 6.03 Å². The van der Waals surface area contributed by atoms with Gasteiger partial charge in [0, 0.05) is 30.8 Å². The number of nitrogens with zero attached hydrogens (tertiary/aromatic N) is 2. The molecule has 1 atom stereocenters. The molecular formula is C22H35N3O3. The molecule has 2 saturated heterocycles. The van der Waals surface area contributed by atoms with Crippen LogP contribution in [0.3, 0.4) is 0 Å². The van der Waals surface area contributed by atoms with E-state index >= 15 is 0 Å². The van der Waals surface area contributed by atoms with Gasteiger partial charge in [0.1, 0.15) is 5.75 Å². The van der Waals surface area contributed by atoms with Gasteiger partial charge in [-0.05, 0) is 58.7 Å². The van der Waals surface area contributed by atoms with Crippen LogP contribution >= 0.6 is 0 Å². The highest BCUT2D eigenvalue weighted by atomic mass is 16.5. The summed E-state index contributed by atoms with van der Waals surface area (Å²) >= 11 is 0. The van der Waals surface area contributed by atoms with Crippen LogP contribution in [0.15, 0.2) is 24.3 Å². The minimum Gasteiger partial charge on any atom is -0.508 e. The third-order valence-corrected chi connectivity index (χ3v) is 5.97. The Balaban J connectivity index is 1.62. The fourth-order valence-corrected chi connectivity index (χ4v) is 4.12. The van der Waals surface area contributed by atoms with Crippen LogP contribution in [0.1, 0.15) is 51.5 Å². The van der Waals surface area contributed by atoms with Crippen molar-refractivity contribution in [3.8, 4) is 5.75 Å². The first-order valence-corrected chi connectivity index (χ1v) is 10.6. The van der Waals surface area contributed by atoms with Crippen LogP contribution in [0.2, 0.25) is 0 Å². The van der Waals surface area contributed by atoms with Gasteiger partial charge in [0.15, 0.2) is 0 Å². The normalized spacial score (nSPS) is 20.9. The number of benzene rings is 1. The van der Waals surface area contributed by atoms with E-state index in [0.717, 1.165) is 38.1 Å². The number of likely N-dealkylation sites (tertiary alicyclic amines) is 1. The number of para-hydroxylation sites is 1. The van der Waals surface area contributed by atoms with E-state index in [1.54, 1.807) is 17.0 Å². The lowest BCUT2D eigenvalue weighted by molar-refractivity contribution is 0.0744. The van der Waals surface area contributed by atoms with Gasteiger partial charge in [-0.25, -0.2) is 4.79 Å². The average Bonchev–Trinajstić information content (AvgIpc) is 3.21. The molecule has 0 bridgehead atoms. The molecule has 6 heteroatoms. The standard InChI is InChI=1S/C22H35N3O3/c1-22(2,25-12-6-3-7-13-25)17-23-21(27)24(16-19-10-8-14-28-19)15-18-9-4-5-11-20(18)26/h4-5,9,11,19,26H,3,6-8,10,12-17H2,1-2H3,(H,23,27). The minimum absolute atomic E-state index is 0.0690. The summed E-state index contributed by atoms with van der Waals surface area (Å²) in [7, 11) is 0. The van der Waals surface area contributed by atoms with Gasteiger partial charge in [-0.1, -0.05) is 24.6 Å². The number of amides is 2. The predicted molar refractivity (Wildman–Crippen MR) is 110 cm³/mol. The molecule has 1 aromatic rings. The van der Waals surface area contributed by atoms with Crippen LogP contribution in [0.5, 0.6) is 5.75 Å². The molecule has 2 amide bonds. The zero-order chi connectivity index (χ0) is 20.0. The Hall–Kier alpha value is -1.79. The molecule has 156 valence electrons. The van der Waals surface area contributed by atoms with Crippen LogP contribution in [0.4, 0.5) is 4.79 Å². The van der Waals surface area contributed by atoms with Crippen molar-refractivity contribution in [1.82, 2.24) is 15.1 Å². The summed E-state index contributed by atoms with van der Waals surface area (Å²) in [5.74, 6) is 0.223. The highest BCUT2D eigenvalue weighted by Crippen LogP contribution is 2.22. The molecule has 2 fully saturated rings. The zero-order valence-electron chi connectivity index (χ0n) is 17.3. The van der Waals surface area contributed by atoms with E-state index in [2.05, 4.69) is 24.1 Å². The molecule has 1 unspecified atom stereocenters. The summed E-state index contributed by atoms with van der Waals surface area (Å²) in [5.41, 5.74) is 0.687. The monoisotopic (exact) mass is 389 g/mol. The summed E-state index contributed by atoms with van der Waals surface area (Å²) in [5, 5.41) is 13.3. The number of urea groups is 1. The minimum atomic E-state index is -0.0937. The van der Waals surface area contributed by atoms with E-state index in [-0.39, 0.29) is 23.4 Å². The second-order valence-electron chi connectivity index (χ2n) is 8.66. The first-order valence-electron chi connectivity index (χ1n) is 10.6. The quantitative estimate of drug-likeness (QED) is 0.751. The second-order valence-corrected chi connectivity index (χ2v) is 8.66. The summed E-state index contributed by atoms with van der Waals surface area (Å²) < 4.78 is 5.75. The van der Waals surface area contributed by atoms with Gasteiger partial charge in [-0.3, -0.25) is 4.90 Å². The molecule has 6 nitrogen and oxygen atoms in total. The highest BCUT2D eigenvalue weighted by Gasteiger charge is 2.30. The molecule has 0 radical (unpaired) electrons. The van der Waals surface area contributed by atoms with Gasteiger partial charge in [-0.15, -0.1) is 0 Å². The maximum Gasteiger partial charge on any atom is 0.317 e. The van der Waals surface area contributed by atoms with Crippen molar-refractivity contribution in [2.75, 3.05) is 32.8 Å². The number of piperidine rings is 1. The van der Waals surface area contributed by atoms with Crippen molar-refractivity contribution in [3.05, 3.63) is 29.8 Å². The molecule has 3 rings (SSSR count). The predicted octanol–water partition coefficient (Wildman–Crippen LogP) is 3.35. The lowest BCUT2D eigenvalue weighted by Crippen LogP contribution is -2.55. The Morgan fingerprint density at radius 2 is 2.00 bits per heavy atom. The first-order chi connectivity index (χ1) is 13.5. The molecular weight excluding hydrogens is 354 g/mol. The van der Waals surface area contributed by atoms with Crippen molar-refractivity contribution < 1.29 is 14.6 Å². The Labute approximate surface area is 168 Å². The van der Waals surface area contributed by atoms with E-state index in [9.17, 15) is 9.90 Å². The summed E-state index contributed by atoms with van der Waals surface area (Å²) in [6.07, 6.45) is 5.86. The van der Waals surface area contributed by atoms with Crippen LogP contribution in [0, 0.1) is 0 Å². The van der Waals surface area contributed by atoms with Crippen molar-refractivity contribution in [3.63, 3.8) is 0 Å². The third kappa shape index (κ3) is 5.61. The molecule has 2 aliphatic heterocycles. The third-order valence-electron chi connectivity index (χ3n) is 5.97. The molecule has 0 spiro atoms. The van der Waals surface area contributed by atoms with Gasteiger partial charge in [0.05, 0.1) is 12.6 Å². The van der Waals surface area contributed by atoms with Crippen LogP contribution in [0.25, 0.3) is 0 Å². The number of ether oxygens (including phenoxy) is 1. The van der Waals surface area contributed by atoms with E-state index < -0.39 is 0 Å². The van der Waals surface area contributed by atoms with E-state index in [1.807, 2.05) is 12.1 Å². The molecule has 2 N–H and O–H groups in total. The van der Waals surface area contributed by atoms with Crippen molar-refractivity contribution in [2.24, 2.45) is 0 Å². The molecule has 2 aliphatic rings. The first kappa shape index (κ1) is 20.9. The Kier molecular flexibility index (Phi) is 7.18. The Morgan fingerprint density at radius 3 is 2.68 bits per heavy atom. The summed E-state index contributed by atoms with van der Waals surface area (Å²) in [4.78, 5) is 17.3. The topological polar surface area (TPSA) is 65.0 Å². The zero-order valence-corrected chi connectivity index (χ0v) is 17.3.